The summed E-state index contributed by atoms with van der Waals surface area (Å²) in [6, 6.07) is 14.0. The molecule has 1 saturated heterocycles. The molecule has 27 heavy (non-hydrogen) atoms. The Labute approximate surface area is 162 Å². The fourth-order valence-electron chi connectivity index (χ4n) is 3.28. The van der Waals surface area contributed by atoms with Gasteiger partial charge in [0.1, 0.15) is 10.6 Å². The largest absolute Gasteiger partial charge is 0.396 e. The van der Waals surface area contributed by atoms with Gasteiger partial charge in [-0.2, -0.15) is 4.37 Å². The molecule has 0 radical (unpaired) electrons. The zero-order chi connectivity index (χ0) is 18.8. The third kappa shape index (κ3) is 3.50. The average molecular weight is 379 g/mol. The molecule has 2 aromatic heterocycles. The summed E-state index contributed by atoms with van der Waals surface area (Å²) in [6.07, 6.45) is 1.69. The van der Waals surface area contributed by atoms with Crippen molar-refractivity contribution in [3.63, 3.8) is 0 Å². The summed E-state index contributed by atoms with van der Waals surface area (Å²) in [7, 11) is 0. The standard InChI is InChI=1S/C20H21N5OS/c1-14-5-4-6-15(13-14)24-9-11-25(12-10-24)20(26)19-17(21)18(23-27-19)16-7-2-3-8-22-16/h2-8,13H,9-12,21H2,1H3. The minimum atomic E-state index is -0.0453. The molecule has 1 fully saturated rings. The molecule has 0 bridgehead atoms. The lowest BCUT2D eigenvalue weighted by Gasteiger charge is -2.36. The fraction of sp³-hybridized carbons (Fsp3) is 0.250. The number of piperazine rings is 1. The van der Waals surface area contributed by atoms with Gasteiger partial charge in [0.2, 0.25) is 0 Å². The number of nitrogens with zero attached hydrogens (tertiary/aromatic N) is 4. The molecule has 0 atom stereocenters. The van der Waals surface area contributed by atoms with Crippen LogP contribution in [0.4, 0.5) is 11.4 Å². The number of anilines is 2. The van der Waals surface area contributed by atoms with Crippen molar-refractivity contribution in [1.82, 2.24) is 14.3 Å². The number of carbonyl (C=O) groups excluding carboxylic acids is 1. The molecule has 1 aliphatic heterocycles. The first-order chi connectivity index (χ1) is 13.1. The molecule has 4 rings (SSSR count). The summed E-state index contributed by atoms with van der Waals surface area (Å²) in [4.78, 5) is 21.9. The van der Waals surface area contributed by atoms with E-state index in [4.69, 9.17) is 5.73 Å². The molecule has 7 heteroatoms. The Morgan fingerprint density at radius 3 is 2.63 bits per heavy atom. The number of aryl methyl sites for hydroxylation is 1. The van der Waals surface area contributed by atoms with Crippen molar-refractivity contribution in [2.75, 3.05) is 36.8 Å². The Morgan fingerprint density at radius 1 is 1.11 bits per heavy atom. The van der Waals surface area contributed by atoms with Crippen molar-refractivity contribution >= 4 is 28.8 Å². The van der Waals surface area contributed by atoms with Crippen LogP contribution in [0.15, 0.2) is 48.7 Å². The molecule has 2 N–H and O–H groups in total. The van der Waals surface area contributed by atoms with Crippen LogP contribution in [0.2, 0.25) is 0 Å². The van der Waals surface area contributed by atoms with E-state index in [1.807, 2.05) is 23.1 Å². The maximum Gasteiger partial charge on any atom is 0.267 e. The van der Waals surface area contributed by atoms with E-state index in [-0.39, 0.29) is 5.91 Å². The molecule has 3 heterocycles. The highest BCUT2D eigenvalue weighted by atomic mass is 32.1. The molecule has 6 nitrogen and oxygen atoms in total. The fourth-order valence-corrected chi connectivity index (χ4v) is 4.05. The quantitative estimate of drug-likeness (QED) is 0.757. The van der Waals surface area contributed by atoms with E-state index in [0.29, 0.717) is 35.0 Å². The van der Waals surface area contributed by atoms with E-state index < -0.39 is 0 Å². The van der Waals surface area contributed by atoms with Crippen LogP contribution in [0.5, 0.6) is 0 Å². The topological polar surface area (TPSA) is 75.3 Å². The molecule has 1 aromatic carbocycles. The second-order valence-electron chi connectivity index (χ2n) is 6.61. The van der Waals surface area contributed by atoms with Gasteiger partial charge in [-0.1, -0.05) is 18.2 Å². The van der Waals surface area contributed by atoms with Gasteiger partial charge in [0.25, 0.3) is 5.91 Å². The van der Waals surface area contributed by atoms with Crippen LogP contribution >= 0.6 is 11.5 Å². The summed E-state index contributed by atoms with van der Waals surface area (Å²) in [5.74, 6) is -0.0453. The number of benzene rings is 1. The molecule has 0 spiro atoms. The first-order valence-corrected chi connectivity index (χ1v) is 9.68. The highest BCUT2D eigenvalue weighted by Crippen LogP contribution is 2.30. The van der Waals surface area contributed by atoms with Gasteiger partial charge in [-0.25, -0.2) is 0 Å². The van der Waals surface area contributed by atoms with Crippen molar-refractivity contribution in [1.29, 1.82) is 0 Å². The molecule has 138 valence electrons. The molecule has 1 aliphatic rings. The lowest BCUT2D eigenvalue weighted by atomic mass is 10.2. The van der Waals surface area contributed by atoms with Crippen molar-refractivity contribution in [3.05, 3.63) is 59.1 Å². The van der Waals surface area contributed by atoms with Gasteiger partial charge >= 0.3 is 0 Å². The molecule has 3 aromatic rings. The predicted molar refractivity (Wildman–Crippen MR) is 109 cm³/mol. The Balaban J connectivity index is 1.46. The van der Waals surface area contributed by atoms with Crippen LogP contribution in [0.25, 0.3) is 11.4 Å². The normalized spacial score (nSPS) is 14.4. The van der Waals surface area contributed by atoms with E-state index in [0.717, 1.165) is 24.6 Å². The van der Waals surface area contributed by atoms with Gasteiger partial charge in [-0.05, 0) is 48.3 Å². The van der Waals surface area contributed by atoms with Crippen molar-refractivity contribution < 1.29 is 4.79 Å². The van der Waals surface area contributed by atoms with E-state index in [2.05, 4.69) is 45.4 Å². The number of hydrogen-bond donors (Lipinski definition) is 1. The summed E-state index contributed by atoms with van der Waals surface area (Å²) in [5, 5.41) is 0. The zero-order valence-electron chi connectivity index (χ0n) is 15.1. The number of pyridine rings is 1. The Bertz CT molecular complexity index is 948. The summed E-state index contributed by atoms with van der Waals surface area (Å²) in [6.45, 7) is 5.04. The molecule has 0 aliphatic carbocycles. The Morgan fingerprint density at radius 2 is 1.93 bits per heavy atom. The van der Waals surface area contributed by atoms with Crippen molar-refractivity contribution in [3.8, 4) is 11.4 Å². The van der Waals surface area contributed by atoms with Crippen molar-refractivity contribution in [2.24, 2.45) is 0 Å². The molecule has 0 unspecified atom stereocenters. The number of hydrogen-bond acceptors (Lipinski definition) is 6. The van der Waals surface area contributed by atoms with Crippen LogP contribution in [-0.2, 0) is 0 Å². The lowest BCUT2D eigenvalue weighted by molar-refractivity contribution is 0.0752. The van der Waals surface area contributed by atoms with Crippen molar-refractivity contribution in [2.45, 2.75) is 6.92 Å². The van der Waals surface area contributed by atoms with Crippen LogP contribution in [0.1, 0.15) is 15.2 Å². The number of carbonyl (C=O) groups is 1. The number of aromatic nitrogens is 2. The monoisotopic (exact) mass is 379 g/mol. The average Bonchev–Trinajstić information content (AvgIpc) is 3.09. The molecule has 0 saturated carbocycles. The van der Waals surface area contributed by atoms with Crippen LogP contribution in [0.3, 0.4) is 0 Å². The van der Waals surface area contributed by atoms with Gasteiger partial charge in [0, 0.05) is 38.1 Å². The first-order valence-electron chi connectivity index (χ1n) is 8.91. The maximum absolute atomic E-state index is 12.9. The van der Waals surface area contributed by atoms with Gasteiger partial charge in [-0.15, -0.1) is 0 Å². The van der Waals surface area contributed by atoms with Crippen LogP contribution in [0, 0.1) is 6.92 Å². The number of nitrogens with two attached hydrogens (primary N) is 1. The highest BCUT2D eigenvalue weighted by molar-refractivity contribution is 7.09. The summed E-state index contributed by atoms with van der Waals surface area (Å²) < 4.78 is 4.37. The maximum atomic E-state index is 12.9. The number of amides is 1. The predicted octanol–water partition coefficient (Wildman–Crippen LogP) is 3.06. The molecular formula is C20H21N5OS. The van der Waals surface area contributed by atoms with Gasteiger partial charge < -0.3 is 15.5 Å². The molecular weight excluding hydrogens is 358 g/mol. The zero-order valence-corrected chi connectivity index (χ0v) is 15.9. The highest BCUT2D eigenvalue weighted by Gasteiger charge is 2.27. The molecule has 1 amide bonds. The second-order valence-corrected chi connectivity index (χ2v) is 7.38. The van der Waals surface area contributed by atoms with E-state index >= 15 is 0 Å². The Hall–Kier alpha value is -2.93. The van der Waals surface area contributed by atoms with Gasteiger partial charge in [-0.3, -0.25) is 9.78 Å². The van der Waals surface area contributed by atoms with Gasteiger partial charge in [0.05, 0.1) is 11.4 Å². The minimum absolute atomic E-state index is 0.0453. The Kier molecular flexibility index (Phi) is 4.77. The van der Waals surface area contributed by atoms with Gasteiger partial charge in [0.15, 0.2) is 0 Å². The van der Waals surface area contributed by atoms with E-state index in [9.17, 15) is 4.79 Å². The third-order valence-electron chi connectivity index (χ3n) is 4.76. The van der Waals surface area contributed by atoms with Crippen LogP contribution < -0.4 is 10.6 Å². The van der Waals surface area contributed by atoms with E-state index in [1.54, 1.807) is 6.20 Å². The van der Waals surface area contributed by atoms with E-state index in [1.165, 1.54) is 11.3 Å². The second kappa shape index (κ2) is 7.36. The van der Waals surface area contributed by atoms with Crippen LogP contribution in [-0.4, -0.2) is 46.3 Å². The lowest BCUT2D eigenvalue weighted by Crippen LogP contribution is -2.48. The number of nitrogen functional groups attached to an aromatic ring is 1. The minimum Gasteiger partial charge on any atom is -0.396 e. The SMILES string of the molecule is Cc1cccc(N2CCN(C(=O)c3snc(-c4ccccn4)c3N)CC2)c1. The summed E-state index contributed by atoms with van der Waals surface area (Å²) in [5.41, 5.74) is 10.4. The third-order valence-corrected chi connectivity index (χ3v) is 5.61. The first kappa shape index (κ1) is 17.5. The number of rotatable bonds is 3. The smallest absolute Gasteiger partial charge is 0.267 e. The summed E-state index contributed by atoms with van der Waals surface area (Å²) >= 11 is 1.15.